The molecule has 0 radical (unpaired) electrons. The van der Waals surface area contributed by atoms with Gasteiger partial charge in [-0.15, -0.1) is 0 Å². The summed E-state index contributed by atoms with van der Waals surface area (Å²) in [5, 5.41) is 3.26. The minimum absolute atomic E-state index is 0.701. The van der Waals surface area contributed by atoms with E-state index in [-0.39, 0.29) is 0 Å². The molecule has 3 nitrogen and oxygen atoms in total. The Kier molecular flexibility index (Phi) is 5.50. The van der Waals surface area contributed by atoms with Crippen LogP contribution >= 0.6 is 15.9 Å². The van der Waals surface area contributed by atoms with Gasteiger partial charge in [-0.05, 0) is 25.1 Å². The van der Waals surface area contributed by atoms with Crippen LogP contribution in [0.25, 0.3) is 0 Å². The molecule has 1 aromatic carbocycles. The predicted octanol–water partition coefficient (Wildman–Crippen LogP) is 2.91. The summed E-state index contributed by atoms with van der Waals surface area (Å²) in [6, 6.07) is 5.87. The van der Waals surface area contributed by atoms with Gasteiger partial charge in [0.25, 0.3) is 0 Å². The maximum atomic E-state index is 5.24. The van der Waals surface area contributed by atoms with E-state index in [2.05, 4.69) is 21.2 Å². The molecule has 0 aliphatic carbocycles. The van der Waals surface area contributed by atoms with Crippen LogP contribution in [0, 0.1) is 0 Å². The molecule has 0 fully saturated rings. The third-order valence-electron chi connectivity index (χ3n) is 1.93. The van der Waals surface area contributed by atoms with Crippen molar-refractivity contribution in [3.05, 3.63) is 22.7 Å². The fourth-order valence-corrected chi connectivity index (χ4v) is 1.58. The first-order valence-corrected chi connectivity index (χ1v) is 5.72. The average molecular weight is 274 g/mol. The van der Waals surface area contributed by atoms with Gasteiger partial charge in [-0.3, -0.25) is 0 Å². The van der Waals surface area contributed by atoms with Gasteiger partial charge >= 0.3 is 0 Å². The number of hydrogen-bond donors (Lipinski definition) is 1. The first-order valence-electron chi connectivity index (χ1n) is 4.93. The maximum Gasteiger partial charge on any atom is 0.142 e. The Morgan fingerprint density at radius 2 is 2.20 bits per heavy atom. The van der Waals surface area contributed by atoms with E-state index in [1.165, 1.54) is 0 Å². The van der Waals surface area contributed by atoms with Gasteiger partial charge in [0.2, 0.25) is 0 Å². The van der Waals surface area contributed by atoms with Crippen LogP contribution in [0.3, 0.4) is 0 Å². The highest BCUT2D eigenvalue weighted by Crippen LogP contribution is 2.27. The van der Waals surface area contributed by atoms with Gasteiger partial charge in [-0.1, -0.05) is 15.9 Å². The molecule has 0 aliphatic rings. The van der Waals surface area contributed by atoms with Crippen molar-refractivity contribution >= 4 is 21.6 Å². The fourth-order valence-electron chi connectivity index (χ4n) is 1.22. The molecule has 0 heterocycles. The molecule has 1 aromatic rings. The van der Waals surface area contributed by atoms with Gasteiger partial charge in [0, 0.05) is 17.6 Å². The zero-order valence-corrected chi connectivity index (χ0v) is 10.6. The monoisotopic (exact) mass is 273 g/mol. The molecule has 84 valence electrons. The summed E-state index contributed by atoms with van der Waals surface area (Å²) >= 11 is 3.42. The Bertz CT molecular complexity index is 305. The van der Waals surface area contributed by atoms with Crippen molar-refractivity contribution in [1.82, 2.24) is 0 Å². The lowest BCUT2D eigenvalue weighted by Crippen LogP contribution is -2.09. The summed E-state index contributed by atoms with van der Waals surface area (Å²) in [5.41, 5.74) is 0.978. The quantitative estimate of drug-likeness (QED) is 0.809. The molecule has 0 saturated heterocycles. The van der Waals surface area contributed by atoms with Gasteiger partial charge in [0.1, 0.15) is 5.75 Å². The van der Waals surface area contributed by atoms with Crippen LogP contribution in [-0.4, -0.2) is 26.9 Å². The first kappa shape index (κ1) is 12.3. The smallest absolute Gasteiger partial charge is 0.142 e. The lowest BCUT2D eigenvalue weighted by Gasteiger charge is -2.11. The molecule has 0 amide bonds. The molecule has 1 N–H and O–H groups in total. The highest BCUT2D eigenvalue weighted by molar-refractivity contribution is 9.10. The Morgan fingerprint density at radius 1 is 1.40 bits per heavy atom. The number of nitrogens with one attached hydrogen (secondary N) is 1. The van der Waals surface area contributed by atoms with Crippen molar-refractivity contribution in [1.29, 1.82) is 0 Å². The SMILES string of the molecule is CCOCCNc1cc(Br)ccc1OC. The van der Waals surface area contributed by atoms with Crippen molar-refractivity contribution in [3.63, 3.8) is 0 Å². The van der Waals surface area contributed by atoms with E-state index < -0.39 is 0 Å². The summed E-state index contributed by atoms with van der Waals surface area (Å²) in [7, 11) is 1.66. The second-order valence-corrected chi connectivity index (χ2v) is 3.88. The molecule has 0 atom stereocenters. The van der Waals surface area contributed by atoms with E-state index in [4.69, 9.17) is 9.47 Å². The Balaban J connectivity index is 2.54. The van der Waals surface area contributed by atoms with E-state index in [1.54, 1.807) is 7.11 Å². The largest absolute Gasteiger partial charge is 0.495 e. The predicted molar refractivity (Wildman–Crippen MR) is 65.7 cm³/mol. The van der Waals surface area contributed by atoms with Crippen molar-refractivity contribution in [2.45, 2.75) is 6.92 Å². The number of ether oxygens (including phenoxy) is 2. The molecule has 0 unspecified atom stereocenters. The lowest BCUT2D eigenvalue weighted by atomic mass is 10.3. The van der Waals surface area contributed by atoms with Crippen LogP contribution in [0.15, 0.2) is 22.7 Å². The summed E-state index contributed by atoms with van der Waals surface area (Å²) in [6.07, 6.45) is 0. The van der Waals surface area contributed by atoms with E-state index >= 15 is 0 Å². The summed E-state index contributed by atoms with van der Waals surface area (Å²) in [6.45, 7) is 4.21. The standard InChI is InChI=1S/C11H16BrNO2/c1-3-15-7-6-13-10-8-9(12)4-5-11(10)14-2/h4-5,8,13H,3,6-7H2,1-2H3. The average Bonchev–Trinajstić information content (AvgIpc) is 2.25. The number of rotatable bonds is 6. The van der Waals surface area contributed by atoms with Crippen LogP contribution < -0.4 is 10.1 Å². The van der Waals surface area contributed by atoms with E-state index in [1.807, 2.05) is 25.1 Å². The first-order chi connectivity index (χ1) is 7.27. The number of benzene rings is 1. The van der Waals surface area contributed by atoms with Gasteiger partial charge < -0.3 is 14.8 Å². The maximum absolute atomic E-state index is 5.24. The molecule has 1 rings (SSSR count). The Hall–Kier alpha value is -0.740. The zero-order valence-electron chi connectivity index (χ0n) is 9.05. The zero-order chi connectivity index (χ0) is 11.1. The topological polar surface area (TPSA) is 30.5 Å². The van der Waals surface area contributed by atoms with Crippen molar-refractivity contribution in [3.8, 4) is 5.75 Å². The molecule has 15 heavy (non-hydrogen) atoms. The highest BCUT2D eigenvalue weighted by Gasteiger charge is 2.02. The number of halogens is 1. The minimum Gasteiger partial charge on any atom is -0.495 e. The van der Waals surface area contributed by atoms with E-state index in [9.17, 15) is 0 Å². The van der Waals surface area contributed by atoms with Gasteiger partial charge in [0.15, 0.2) is 0 Å². The number of hydrogen-bond acceptors (Lipinski definition) is 3. The molecular formula is C11H16BrNO2. The third-order valence-corrected chi connectivity index (χ3v) is 2.42. The lowest BCUT2D eigenvalue weighted by molar-refractivity contribution is 0.158. The number of anilines is 1. The molecule has 0 spiro atoms. The fraction of sp³-hybridized carbons (Fsp3) is 0.455. The van der Waals surface area contributed by atoms with Crippen molar-refractivity contribution < 1.29 is 9.47 Å². The van der Waals surface area contributed by atoms with Crippen LogP contribution in [0.4, 0.5) is 5.69 Å². The Labute approximate surface area is 98.9 Å². The minimum atomic E-state index is 0.701. The number of methoxy groups -OCH3 is 1. The molecule has 0 bridgehead atoms. The van der Waals surface area contributed by atoms with Gasteiger partial charge in [0.05, 0.1) is 19.4 Å². The second kappa shape index (κ2) is 6.69. The van der Waals surface area contributed by atoms with Gasteiger partial charge in [-0.2, -0.15) is 0 Å². The van der Waals surface area contributed by atoms with Gasteiger partial charge in [-0.25, -0.2) is 0 Å². The van der Waals surface area contributed by atoms with E-state index in [0.717, 1.165) is 29.1 Å². The van der Waals surface area contributed by atoms with Crippen molar-refractivity contribution in [2.75, 3.05) is 32.2 Å². The Morgan fingerprint density at radius 3 is 2.87 bits per heavy atom. The van der Waals surface area contributed by atoms with Crippen LogP contribution in [0.1, 0.15) is 6.92 Å². The summed E-state index contributed by atoms with van der Waals surface area (Å²) in [4.78, 5) is 0. The second-order valence-electron chi connectivity index (χ2n) is 2.97. The van der Waals surface area contributed by atoms with Crippen molar-refractivity contribution in [2.24, 2.45) is 0 Å². The normalized spacial score (nSPS) is 10.1. The highest BCUT2D eigenvalue weighted by atomic mass is 79.9. The van der Waals surface area contributed by atoms with Crippen LogP contribution in [0.2, 0.25) is 0 Å². The van der Waals surface area contributed by atoms with Crippen LogP contribution in [0.5, 0.6) is 5.75 Å². The molecule has 0 aliphatic heterocycles. The third kappa shape index (κ3) is 4.10. The molecule has 0 saturated carbocycles. The molecule has 0 aromatic heterocycles. The van der Waals surface area contributed by atoms with Crippen LogP contribution in [-0.2, 0) is 4.74 Å². The summed E-state index contributed by atoms with van der Waals surface area (Å²) in [5.74, 6) is 0.842. The molecular weight excluding hydrogens is 258 g/mol. The summed E-state index contributed by atoms with van der Waals surface area (Å²) < 4.78 is 11.5. The molecule has 4 heteroatoms. The van der Waals surface area contributed by atoms with E-state index in [0.29, 0.717) is 6.61 Å².